The number of nitrogens with zero attached hydrogens (tertiary/aromatic N) is 4. The smallest absolute Gasteiger partial charge is 0.238 e. The van der Waals surface area contributed by atoms with Gasteiger partial charge in [0.1, 0.15) is 11.2 Å². The minimum atomic E-state index is -0.791. The van der Waals surface area contributed by atoms with E-state index in [2.05, 4.69) is 0 Å². The lowest BCUT2D eigenvalue weighted by molar-refractivity contribution is 0.669. The maximum Gasteiger partial charge on any atom is 0.238 e. The van der Waals surface area contributed by atoms with Crippen LogP contribution >= 0.6 is 0 Å². The molecule has 0 atom stereocenters. The van der Waals surface area contributed by atoms with Gasteiger partial charge >= 0.3 is 0 Å². The summed E-state index contributed by atoms with van der Waals surface area (Å²) in [5.74, 6) is -0.321. The van der Waals surface area contributed by atoms with E-state index in [-0.39, 0.29) is 33.9 Å². The Balaban J connectivity index is 1.53. The first-order valence-electron chi connectivity index (χ1n) is 23.0. The number of benzene rings is 7. The molecular formula is C45H28N4O. The van der Waals surface area contributed by atoms with E-state index in [9.17, 15) is 6.85 Å². The summed E-state index contributed by atoms with van der Waals surface area (Å²) in [4.78, 5) is 14.9. The Morgan fingerprint density at radius 3 is 1.80 bits per heavy atom. The average Bonchev–Trinajstić information content (AvgIpc) is 3.89. The zero-order valence-corrected chi connectivity index (χ0v) is 25.7. The second-order valence-corrected chi connectivity index (χ2v) is 11.3. The van der Waals surface area contributed by atoms with Gasteiger partial charge in [0, 0.05) is 38.2 Å². The largest absolute Gasteiger partial charge is 0.456 e. The summed E-state index contributed by atoms with van der Waals surface area (Å²) in [6.07, 6.45) is 0. The Kier molecular flexibility index (Phi) is 3.87. The van der Waals surface area contributed by atoms with Crippen LogP contribution in [0.2, 0.25) is 0 Å². The quantitative estimate of drug-likeness (QED) is 0.185. The van der Waals surface area contributed by atoms with Crippen molar-refractivity contribution >= 4 is 43.7 Å². The molecule has 5 nitrogen and oxygen atoms in total. The molecule has 0 N–H and O–H groups in total. The van der Waals surface area contributed by atoms with Gasteiger partial charge in [-0.2, -0.15) is 9.97 Å². The van der Waals surface area contributed by atoms with Crippen LogP contribution in [0.4, 0.5) is 0 Å². The van der Waals surface area contributed by atoms with Crippen LogP contribution in [0.5, 0.6) is 0 Å². The Hall–Kier alpha value is -6.85. The van der Waals surface area contributed by atoms with Crippen molar-refractivity contribution in [2.45, 2.75) is 0 Å². The first-order valence-corrected chi connectivity index (χ1v) is 15.5. The molecule has 0 saturated heterocycles. The molecule has 0 amide bonds. The highest BCUT2D eigenvalue weighted by atomic mass is 16.3. The van der Waals surface area contributed by atoms with Gasteiger partial charge in [-0.1, -0.05) is 145 Å². The lowest BCUT2D eigenvalue weighted by atomic mass is 9.87. The van der Waals surface area contributed by atoms with Crippen molar-refractivity contribution in [3.05, 3.63) is 169 Å². The monoisotopic (exact) mass is 655 g/mol. The van der Waals surface area contributed by atoms with Crippen LogP contribution in [-0.4, -0.2) is 19.5 Å². The lowest BCUT2D eigenvalue weighted by Crippen LogP contribution is -2.07. The molecule has 0 fully saturated rings. The summed E-state index contributed by atoms with van der Waals surface area (Å²) in [6, 6.07) is 12.5. The first-order chi connectivity index (χ1) is 31.0. The molecule has 0 radical (unpaired) electrons. The molecule has 5 heteroatoms. The number of hydrogen-bond acceptors (Lipinski definition) is 4. The third-order valence-electron chi connectivity index (χ3n) is 8.48. The molecule has 7 aromatic carbocycles. The number of para-hydroxylation sites is 3. The summed E-state index contributed by atoms with van der Waals surface area (Å²) in [6.45, 7) is 0. The molecule has 3 heterocycles. The van der Waals surface area contributed by atoms with Gasteiger partial charge in [-0.15, -0.1) is 0 Å². The average molecular weight is 656 g/mol. The topological polar surface area (TPSA) is 56.7 Å². The Morgan fingerprint density at radius 1 is 0.480 bits per heavy atom. The van der Waals surface area contributed by atoms with Crippen molar-refractivity contribution in [1.82, 2.24) is 19.5 Å². The second kappa shape index (κ2) is 11.4. The van der Waals surface area contributed by atoms with Crippen molar-refractivity contribution in [2.75, 3.05) is 0 Å². The van der Waals surface area contributed by atoms with E-state index >= 15 is 0 Å². The molecule has 10 rings (SSSR count). The van der Waals surface area contributed by atoms with Gasteiger partial charge < -0.3 is 4.42 Å². The van der Waals surface area contributed by atoms with E-state index in [0.29, 0.717) is 16.6 Å². The summed E-state index contributed by atoms with van der Waals surface area (Å²) in [7, 11) is 0. The van der Waals surface area contributed by atoms with Gasteiger partial charge in [0.25, 0.3) is 0 Å². The minimum absolute atomic E-state index is 0.00382. The molecule has 3 aromatic heterocycles. The maximum atomic E-state index is 9.93. The number of hydrogen-bond donors (Lipinski definition) is 0. The Morgan fingerprint density at radius 2 is 1.08 bits per heavy atom. The zero-order valence-electron chi connectivity index (χ0n) is 40.7. The van der Waals surface area contributed by atoms with Gasteiger partial charge in [-0.05, 0) is 40.9 Å². The molecule has 10 aromatic rings. The van der Waals surface area contributed by atoms with Crippen molar-refractivity contribution in [3.63, 3.8) is 0 Å². The van der Waals surface area contributed by atoms with E-state index < -0.39 is 124 Å². The molecule has 50 heavy (non-hydrogen) atoms. The van der Waals surface area contributed by atoms with Crippen LogP contribution in [0.1, 0.15) is 20.6 Å². The van der Waals surface area contributed by atoms with Crippen molar-refractivity contribution < 1.29 is 25.0 Å². The van der Waals surface area contributed by atoms with Crippen LogP contribution in [0.25, 0.3) is 94.7 Å². The van der Waals surface area contributed by atoms with Crippen molar-refractivity contribution in [1.29, 1.82) is 0 Å². The van der Waals surface area contributed by atoms with Crippen LogP contribution in [0.3, 0.4) is 0 Å². The second-order valence-electron chi connectivity index (χ2n) is 11.3. The highest BCUT2D eigenvalue weighted by Crippen LogP contribution is 2.47. The molecule has 0 aliphatic rings. The Bertz CT molecular complexity index is 3630. The fourth-order valence-corrected chi connectivity index (χ4v) is 6.41. The van der Waals surface area contributed by atoms with Crippen molar-refractivity contribution in [2.24, 2.45) is 0 Å². The molecule has 0 aliphatic carbocycles. The van der Waals surface area contributed by atoms with E-state index in [4.69, 9.17) is 33.1 Å². The standard InChI is InChI=1S/C45H28N4O/c1-4-16-29(17-5-1)35-28-39-41(34-24-12-15-27-38(34)50-39)40(30-18-6-2-7-19-30)42(35)44-46-43(31-20-8-3-9-21-31)47-45(48-44)49-36-25-13-10-22-32(36)33-23-11-14-26-37(33)49/h1-28H/i1D,2D,4D,5D,6D,7D,12D,15D,16D,17D,18D,19D,24D,27D,28D. The fraction of sp³-hybridized carbons (Fsp3) is 0. The highest BCUT2D eigenvalue weighted by Gasteiger charge is 2.26. The molecule has 234 valence electrons. The van der Waals surface area contributed by atoms with Gasteiger partial charge in [0.05, 0.1) is 31.6 Å². The summed E-state index contributed by atoms with van der Waals surface area (Å²) in [5.41, 5.74) is -1.53. The number of fused-ring (bicyclic) bond motifs is 6. The van der Waals surface area contributed by atoms with E-state index in [1.54, 1.807) is 34.9 Å². The van der Waals surface area contributed by atoms with E-state index in [1.165, 1.54) is 0 Å². The normalized spacial score (nSPS) is 15.8. The molecule has 0 bridgehead atoms. The summed E-state index contributed by atoms with van der Waals surface area (Å²) >= 11 is 0. The van der Waals surface area contributed by atoms with E-state index in [1.807, 2.05) is 48.5 Å². The fourth-order valence-electron chi connectivity index (χ4n) is 6.41. The minimum Gasteiger partial charge on any atom is -0.456 e. The first kappa shape index (κ1) is 17.0. The molecule has 0 saturated carbocycles. The predicted octanol–water partition coefficient (Wildman–Crippen LogP) is 11.5. The van der Waals surface area contributed by atoms with Crippen LogP contribution in [-0.2, 0) is 0 Å². The van der Waals surface area contributed by atoms with Crippen LogP contribution in [0.15, 0.2) is 174 Å². The SMILES string of the molecule is [2H]c1c([2H])c([2H])c(-c2c(-c3nc(-c4ccccc4)nc(-n4c5ccccc5c5ccccc54)n3)c(-c3c([2H])c([2H])c([2H])c([2H])c3[2H])c3c(oc4c([2H])c([2H])c([2H])c([2H])c43)c2[2H])c([2H])c1[2H]. The Labute approximate surface area is 308 Å². The maximum absolute atomic E-state index is 9.93. The van der Waals surface area contributed by atoms with Gasteiger partial charge in [-0.25, -0.2) is 4.98 Å². The lowest BCUT2D eigenvalue weighted by Gasteiger charge is -2.18. The number of furan rings is 1. The highest BCUT2D eigenvalue weighted by molar-refractivity contribution is 6.18. The molecule has 0 spiro atoms. The van der Waals surface area contributed by atoms with Gasteiger partial charge in [-0.3, -0.25) is 4.57 Å². The van der Waals surface area contributed by atoms with Gasteiger partial charge in [0.15, 0.2) is 11.6 Å². The third kappa shape index (κ3) is 4.45. The summed E-state index contributed by atoms with van der Waals surface area (Å²) in [5, 5.41) is 1.04. The molecular weight excluding hydrogens is 613 g/mol. The predicted molar refractivity (Wildman–Crippen MR) is 203 cm³/mol. The number of rotatable bonds is 5. The van der Waals surface area contributed by atoms with Gasteiger partial charge in [0.2, 0.25) is 5.95 Å². The third-order valence-corrected chi connectivity index (χ3v) is 8.48. The van der Waals surface area contributed by atoms with Crippen molar-refractivity contribution in [3.8, 4) is 51.0 Å². The molecule has 0 unspecified atom stereocenters. The van der Waals surface area contributed by atoms with Crippen LogP contribution in [0, 0.1) is 0 Å². The number of aromatic nitrogens is 4. The molecule has 0 aliphatic heterocycles. The van der Waals surface area contributed by atoms with Crippen LogP contribution < -0.4 is 0 Å². The van der Waals surface area contributed by atoms with E-state index in [0.717, 1.165) is 10.8 Å². The zero-order chi connectivity index (χ0) is 46.1. The summed E-state index contributed by atoms with van der Waals surface area (Å²) < 4.78 is 142.